The molecule has 1 heterocycles. The first-order valence-electron chi connectivity index (χ1n) is 7.11. The van der Waals surface area contributed by atoms with Crippen LogP contribution >= 0.6 is 15.9 Å². The van der Waals surface area contributed by atoms with Gasteiger partial charge in [-0.15, -0.1) is 0 Å². The van der Waals surface area contributed by atoms with Crippen LogP contribution in [0.1, 0.15) is 12.8 Å². The molecule has 0 bridgehead atoms. The Kier molecular flexibility index (Phi) is 4.42. The largest absolute Gasteiger partial charge is 0.280 e. The number of amides is 2. The van der Waals surface area contributed by atoms with E-state index in [-0.39, 0.29) is 35.2 Å². The summed E-state index contributed by atoms with van der Waals surface area (Å²) in [5.74, 6) is -0.647. The molecule has 0 saturated carbocycles. The van der Waals surface area contributed by atoms with Gasteiger partial charge in [-0.05, 0) is 42.5 Å². The molecule has 0 radical (unpaired) electrons. The third-order valence-corrected chi connectivity index (χ3v) is 5.44. The first-order valence-corrected chi connectivity index (χ1v) is 9.39. The lowest BCUT2D eigenvalue weighted by molar-refractivity contribution is -0.121. The van der Waals surface area contributed by atoms with Gasteiger partial charge in [0.1, 0.15) is 0 Å². The van der Waals surface area contributed by atoms with Gasteiger partial charge in [-0.1, -0.05) is 22.0 Å². The average molecular weight is 409 g/mol. The van der Waals surface area contributed by atoms with Crippen LogP contribution < -0.4 is 9.62 Å². The third-order valence-electron chi connectivity index (χ3n) is 3.53. The number of sulfonamides is 1. The van der Waals surface area contributed by atoms with Gasteiger partial charge in [0.05, 0.1) is 10.6 Å². The van der Waals surface area contributed by atoms with Crippen LogP contribution in [0, 0.1) is 0 Å². The van der Waals surface area contributed by atoms with Crippen LogP contribution in [-0.2, 0) is 19.6 Å². The monoisotopic (exact) mass is 408 g/mol. The van der Waals surface area contributed by atoms with Crippen LogP contribution in [0.15, 0.2) is 57.9 Å². The van der Waals surface area contributed by atoms with Crippen molar-refractivity contribution in [1.29, 1.82) is 0 Å². The van der Waals surface area contributed by atoms with E-state index in [9.17, 15) is 18.0 Å². The highest BCUT2D eigenvalue weighted by Crippen LogP contribution is 2.26. The van der Waals surface area contributed by atoms with Crippen molar-refractivity contribution in [2.24, 2.45) is 0 Å². The van der Waals surface area contributed by atoms with Crippen molar-refractivity contribution in [3.8, 4) is 0 Å². The van der Waals surface area contributed by atoms with Gasteiger partial charge in [0.2, 0.25) is 11.8 Å². The normalized spacial score (nSPS) is 15.0. The van der Waals surface area contributed by atoms with Crippen LogP contribution in [0.4, 0.5) is 11.4 Å². The van der Waals surface area contributed by atoms with Gasteiger partial charge in [-0.25, -0.2) is 8.42 Å². The number of rotatable bonds is 4. The Labute approximate surface area is 147 Å². The third kappa shape index (κ3) is 3.34. The molecule has 0 unspecified atom stereocenters. The lowest BCUT2D eigenvalue weighted by Crippen LogP contribution is -2.28. The fourth-order valence-corrected chi connectivity index (χ4v) is 3.75. The summed E-state index contributed by atoms with van der Waals surface area (Å²) in [6.07, 6.45) is 0.292. The predicted octanol–water partition coefficient (Wildman–Crippen LogP) is 2.90. The van der Waals surface area contributed by atoms with E-state index in [0.717, 1.165) is 9.37 Å². The number of carbonyl (C=O) groups excluding carboxylic acids is 2. The predicted molar refractivity (Wildman–Crippen MR) is 93.1 cm³/mol. The first kappa shape index (κ1) is 16.7. The molecule has 1 aliphatic heterocycles. The summed E-state index contributed by atoms with van der Waals surface area (Å²) in [6.45, 7) is 0. The van der Waals surface area contributed by atoms with E-state index in [0.29, 0.717) is 5.69 Å². The van der Waals surface area contributed by atoms with Gasteiger partial charge in [0.25, 0.3) is 10.0 Å². The Morgan fingerprint density at radius 1 is 0.958 bits per heavy atom. The number of imide groups is 1. The molecule has 124 valence electrons. The van der Waals surface area contributed by atoms with Crippen molar-refractivity contribution < 1.29 is 18.0 Å². The van der Waals surface area contributed by atoms with E-state index in [1.807, 2.05) is 0 Å². The summed E-state index contributed by atoms with van der Waals surface area (Å²) in [4.78, 5) is 24.6. The zero-order chi connectivity index (χ0) is 17.3. The summed E-state index contributed by atoms with van der Waals surface area (Å²) >= 11 is 3.28. The second kappa shape index (κ2) is 6.37. The fraction of sp³-hybridized carbons (Fsp3) is 0.125. The summed E-state index contributed by atoms with van der Waals surface area (Å²) in [6, 6.07) is 12.5. The van der Waals surface area contributed by atoms with E-state index in [1.54, 1.807) is 30.3 Å². The zero-order valence-electron chi connectivity index (χ0n) is 12.4. The minimum Gasteiger partial charge on any atom is -0.280 e. The maximum atomic E-state index is 12.5. The van der Waals surface area contributed by atoms with E-state index in [1.165, 1.54) is 18.2 Å². The Balaban J connectivity index is 1.91. The summed E-state index contributed by atoms with van der Waals surface area (Å²) < 4.78 is 28.3. The molecule has 1 saturated heterocycles. The molecule has 0 aromatic heterocycles. The molecule has 0 atom stereocenters. The van der Waals surface area contributed by atoms with E-state index in [4.69, 9.17) is 0 Å². The molecule has 6 nitrogen and oxygen atoms in total. The fourth-order valence-electron chi connectivity index (χ4n) is 2.39. The summed E-state index contributed by atoms with van der Waals surface area (Å²) in [5.41, 5.74) is 0.679. The van der Waals surface area contributed by atoms with Gasteiger partial charge in [0, 0.05) is 23.0 Å². The van der Waals surface area contributed by atoms with Crippen LogP contribution in [-0.4, -0.2) is 20.2 Å². The SMILES string of the molecule is O=C1CCC(=O)N1c1cccc(S(=O)(=O)Nc2ccc(Br)cc2)c1. The number of nitrogens with zero attached hydrogens (tertiary/aromatic N) is 1. The van der Waals surface area contributed by atoms with E-state index < -0.39 is 10.0 Å². The Bertz CT molecular complexity index is 894. The highest BCUT2D eigenvalue weighted by molar-refractivity contribution is 9.10. The smallest absolute Gasteiger partial charge is 0.261 e. The first-order chi connectivity index (χ1) is 11.4. The number of anilines is 2. The lowest BCUT2D eigenvalue weighted by Gasteiger charge is -2.15. The molecular formula is C16H13BrN2O4S. The molecule has 2 aromatic carbocycles. The molecule has 1 fully saturated rings. The van der Waals surface area contributed by atoms with Gasteiger partial charge in [-0.3, -0.25) is 19.2 Å². The van der Waals surface area contributed by atoms with E-state index in [2.05, 4.69) is 20.7 Å². The summed E-state index contributed by atoms with van der Waals surface area (Å²) in [5, 5.41) is 0. The second-order valence-electron chi connectivity index (χ2n) is 5.23. The Hall–Kier alpha value is -2.19. The zero-order valence-corrected chi connectivity index (χ0v) is 14.8. The minimum atomic E-state index is -3.83. The van der Waals surface area contributed by atoms with Crippen LogP contribution in [0.2, 0.25) is 0 Å². The van der Waals surface area contributed by atoms with Gasteiger partial charge in [-0.2, -0.15) is 0 Å². The topological polar surface area (TPSA) is 83.6 Å². The molecule has 1 N–H and O–H groups in total. The highest BCUT2D eigenvalue weighted by Gasteiger charge is 2.31. The maximum absolute atomic E-state index is 12.5. The molecule has 0 aliphatic carbocycles. The van der Waals surface area contributed by atoms with Crippen LogP contribution in [0.25, 0.3) is 0 Å². The van der Waals surface area contributed by atoms with Crippen molar-refractivity contribution in [3.63, 3.8) is 0 Å². The number of hydrogen-bond acceptors (Lipinski definition) is 4. The van der Waals surface area contributed by atoms with Crippen molar-refractivity contribution in [3.05, 3.63) is 53.0 Å². The second-order valence-corrected chi connectivity index (χ2v) is 7.83. The van der Waals surface area contributed by atoms with Crippen molar-refractivity contribution in [2.45, 2.75) is 17.7 Å². The quantitative estimate of drug-likeness (QED) is 0.788. The maximum Gasteiger partial charge on any atom is 0.261 e. The average Bonchev–Trinajstić information content (AvgIpc) is 2.88. The van der Waals surface area contributed by atoms with Crippen molar-refractivity contribution in [2.75, 3.05) is 9.62 Å². The number of hydrogen-bond donors (Lipinski definition) is 1. The highest BCUT2D eigenvalue weighted by atomic mass is 79.9. The Morgan fingerprint density at radius 2 is 1.58 bits per heavy atom. The molecule has 2 amide bonds. The van der Waals surface area contributed by atoms with Crippen LogP contribution in [0.3, 0.4) is 0 Å². The lowest BCUT2D eigenvalue weighted by atomic mass is 10.3. The number of carbonyl (C=O) groups is 2. The van der Waals surface area contributed by atoms with Gasteiger partial charge >= 0.3 is 0 Å². The van der Waals surface area contributed by atoms with Crippen LogP contribution in [0.5, 0.6) is 0 Å². The molecular weight excluding hydrogens is 396 g/mol. The molecule has 3 rings (SSSR count). The number of nitrogens with one attached hydrogen (secondary N) is 1. The molecule has 8 heteroatoms. The standard InChI is InChI=1S/C16H13BrN2O4S/c17-11-4-6-12(7-5-11)18-24(22,23)14-3-1-2-13(10-14)19-15(20)8-9-16(19)21/h1-7,10,18H,8-9H2. The summed E-state index contributed by atoms with van der Waals surface area (Å²) in [7, 11) is -3.83. The number of benzene rings is 2. The van der Waals surface area contributed by atoms with Crippen molar-refractivity contribution in [1.82, 2.24) is 0 Å². The van der Waals surface area contributed by atoms with Gasteiger partial charge < -0.3 is 0 Å². The Morgan fingerprint density at radius 3 is 2.21 bits per heavy atom. The minimum absolute atomic E-state index is 0.0181. The molecule has 1 aliphatic rings. The van der Waals surface area contributed by atoms with Crippen molar-refractivity contribution >= 4 is 49.1 Å². The molecule has 0 spiro atoms. The molecule has 2 aromatic rings. The molecule has 24 heavy (non-hydrogen) atoms. The van der Waals surface area contributed by atoms with Gasteiger partial charge in [0.15, 0.2) is 0 Å². The number of halogens is 1. The van der Waals surface area contributed by atoms with E-state index >= 15 is 0 Å².